The second-order valence-electron chi connectivity index (χ2n) is 5.22. The molecule has 0 aliphatic heterocycles. The second kappa shape index (κ2) is 9.74. The Morgan fingerprint density at radius 3 is 2.58 bits per heavy atom. The number of rotatable bonds is 8. The topological polar surface area (TPSA) is 80.6 Å². The van der Waals surface area contributed by atoms with Gasteiger partial charge >= 0.3 is 0 Å². The highest BCUT2D eigenvalue weighted by Crippen LogP contribution is 2.30. The summed E-state index contributed by atoms with van der Waals surface area (Å²) in [5.74, 6) is 1.61. The minimum atomic E-state index is -0.223. The summed E-state index contributed by atoms with van der Waals surface area (Å²) in [7, 11) is 3.13. The molecule has 0 aliphatic rings. The molecule has 0 atom stereocenters. The lowest BCUT2D eigenvalue weighted by atomic mass is 10.1. The fourth-order valence-electron chi connectivity index (χ4n) is 2.30. The summed E-state index contributed by atoms with van der Waals surface area (Å²) in [6.45, 7) is 0.329. The van der Waals surface area contributed by atoms with E-state index in [0.717, 1.165) is 11.1 Å². The Kier molecular flexibility index (Phi) is 7.07. The van der Waals surface area contributed by atoms with Crippen molar-refractivity contribution in [3.05, 3.63) is 59.7 Å². The maximum atomic E-state index is 12.0. The van der Waals surface area contributed by atoms with Crippen molar-refractivity contribution in [1.29, 1.82) is 5.26 Å². The summed E-state index contributed by atoms with van der Waals surface area (Å²) in [5.41, 5.74) is 1.68. The first-order valence-corrected chi connectivity index (χ1v) is 7.93. The molecule has 1 N–H and O–H groups in total. The number of nitrogens with zero attached hydrogens (tertiary/aromatic N) is 1. The van der Waals surface area contributed by atoms with Crippen molar-refractivity contribution in [2.45, 2.75) is 6.54 Å². The minimum absolute atomic E-state index is 0.00528. The average molecular weight is 352 g/mol. The molecular formula is C20H20N2O4. The number of nitriles is 1. The Balaban J connectivity index is 1.93. The lowest BCUT2D eigenvalue weighted by Gasteiger charge is -2.12. The van der Waals surface area contributed by atoms with E-state index in [-0.39, 0.29) is 12.5 Å². The number of nitrogens with one attached hydrogen (secondary N) is 1. The zero-order chi connectivity index (χ0) is 18.8. The van der Waals surface area contributed by atoms with E-state index in [0.29, 0.717) is 23.8 Å². The summed E-state index contributed by atoms with van der Waals surface area (Å²) >= 11 is 0. The van der Waals surface area contributed by atoms with Crippen LogP contribution in [0.5, 0.6) is 17.2 Å². The Labute approximate surface area is 152 Å². The molecule has 0 fully saturated rings. The molecule has 0 saturated carbocycles. The Morgan fingerprint density at radius 2 is 1.92 bits per heavy atom. The maximum Gasteiger partial charge on any atom is 0.244 e. The first-order valence-electron chi connectivity index (χ1n) is 7.93. The van der Waals surface area contributed by atoms with Crippen LogP contribution in [0.25, 0.3) is 6.08 Å². The Bertz CT molecular complexity index is 808. The fraction of sp³-hybridized carbons (Fsp3) is 0.200. The van der Waals surface area contributed by atoms with E-state index in [1.54, 1.807) is 38.5 Å². The van der Waals surface area contributed by atoms with Crippen molar-refractivity contribution in [2.75, 3.05) is 20.8 Å². The van der Waals surface area contributed by atoms with Gasteiger partial charge in [-0.1, -0.05) is 24.3 Å². The van der Waals surface area contributed by atoms with Gasteiger partial charge in [-0.05, 0) is 29.8 Å². The van der Waals surface area contributed by atoms with Crippen molar-refractivity contribution in [2.24, 2.45) is 0 Å². The number of hydrogen-bond acceptors (Lipinski definition) is 5. The number of benzene rings is 2. The standard InChI is InChI=1S/C20H20N2O4/c1-24-18-5-3-4-16(20(18)25-2)14-22-19(23)11-8-15-6-9-17(10-7-15)26-13-12-21/h3-11H,13-14H2,1-2H3,(H,22,23)/b11-8+. The van der Waals surface area contributed by atoms with E-state index in [9.17, 15) is 4.79 Å². The molecule has 2 rings (SSSR count). The minimum Gasteiger partial charge on any atom is -0.493 e. The molecular weight excluding hydrogens is 332 g/mol. The van der Waals surface area contributed by atoms with Gasteiger partial charge in [-0.25, -0.2) is 0 Å². The molecule has 2 aromatic rings. The molecule has 6 heteroatoms. The molecule has 0 aromatic heterocycles. The van der Waals surface area contributed by atoms with Gasteiger partial charge in [-0.15, -0.1) is 0 Å². The SMILES string of the molecule is COc1cccc(CNC(=O)/C=C/c2ccc(OCC#N)cc2)c1OC. The number of amides is 1. The predicted molar refractivity (Wildman–Crippen MR) is 98.0 cm³/mol. The third-order valence-corrected chi connectivity index (χ3v) is 3.55. The number of hydrogen-bond donors (Lipinski definition) is 1. The zero-order valence-corrected chi connectivity index (χ0v) is 14.7. The number of para-hydroxylation sites is 1. The fourth-order valence-corrected chi connectivity index (χ4v) is 2.30. The largest absolute Gasteiger partial charge is 0.493 e. The highest BCUT2D eigenvalue weighted by molar-refractivity contribution is 5.91. The van der Waals surface area contributed by atoms with Gasteiger partial charge in [-0.2, -0.15) is 5.26 Å². The lowest BCUT2D eigenvalue weighted by Crippen LogP contribution is -2.20. The van der Waals surface area contributed by atoms with Gasteiger partial charge in [0.05, 0.1) is 14.2 Å². The molecule has 0 saturated heterocycles. The highest BCUT2D eigenvalue weighted by Gasteiger charge is 2.09. The van der Waals surface area contributed by atoms with Crippen molar-refractivity contribution in [3.8, 4) is 23.3 Å². The summed E-state index contributed by atoms with van der Waals surface area (Å²) in [4.78, 5) is 12.0. The quantitative estimate of drug-likeness (QED) is 0.739. The number of carbonyl (C=O) groups excluding carboxylic acids is 1. The molecule has 2 aromatic carbocycles. The van der Waals surface area contributed by atoms with E-state index >= 15 is 0 Å². The number of carbonyl (C=O) groups is 1. The van der Waals surface area contributed by atoms with E-state index in [4.69, 9.17) is 19.5 Å². The summed E-state index contributed by atoms with van der Waals surface area (Å²) < 4.78 is 15.8. The van der Waals surface area contributed by atoms with Crippen molar-refractivity contribution in [3.63, 3.8) is 0 Å². The first kappa shape index (κ1) is 18.9. The van der Waals surface area contributed by atoms with Crippen LogP contribution in [0.3, 0.4) is 0 Å². The summed E-state index contributed by atoms with van der Waals surface area (Å²) in [6.07, 6.45) is 3.16. The maximum absolute atomic E-state index is 12.0. The smallest absolute Gasteiger partial charge is 0.244 e. The molecule has 0 heterocycles. The average Bonchev–Trinajstić information content (AvgIpc) is 2.69. The molecule has 0 aliphatic carbocycles. The second-order valence-corrected chi connectivity index (χ2v) is 5.22. The van der Waals surface area contributed by atoms with Crippen molar-refractivity contribution < 1.29 is 19.0 Å². The number of ether oxygens (including phenoxy) is 3. The summed E-state index contributed by atoms with van der Waals surface area (Å²) in [6, 6.07) is 14.5. The number of methoxy groups -OCH3 is 2. The Hall–Kier alpha value is -3.46. The van der Waals surface area contributed by atoms with Crippen molar-refractivity contribution in [1.82, 2.24) is 5.32 Å². The molecule has 6 nitrogen and oxygen atoms in total. The van der Waals surface area contributed by atoms with Crippen LogP contribution < -0.4 is 19.5 Å². The predicted octanol–water partition coefficient (Wildman–Crippen LogP) is 2.94. The third kappa shape index (κ3) is 5.28. The van der Waals surface area contributed by atoms with E-state index in [2.05, 4.69) is 5.32 Å². The van der Waals surface area contributed by atoms with Gasteiger partial charge in [0, 0.05) is 18.2 Å². The molecule has 134 valence electrons. The van der Waals surface area contributed by atoms with Gasteiger partial charge in [0.1, 0.15) is 11.8 Å². The van der Waals surface area contributed by atoms with Gasteiger partial charge in [0.15, 0.2) is 18.1 Å². The van der Waals surface area contributed by atoms with Crippen LogP contribution in [0.2, 0.25) is 0 Å². The van der Waals surface area contributed by atoms with Crippen LogP contribution in [0.1, 0.15) is 11.1 Å². The van der Waals surface area contributed by atoms with Crippen LogP contribution in [-0.4, -0.2) is 26.7 Å². The normalized spacial score (nSPS) is 10.2. The van der Waals surface area contributed by atoms with Gasteiger partial charge in [0.25, 0.3) is 0 Å². The van der Waals surface area contributed by atoms with Crippen LogP contribution in [0, 0.1) is 11.3 Å². The van der Waals surface area contributed by atoms with Gasteiger partial charge < -0.3 is 19.5 Å². The molecule has 0 unspecified atom stereocenters. The lowest BCUT2D eigenvalue weighted by molar-refractivity contribution is -0.116. The van der Waals surface area contributed by atoms with Crippen molar-refractivity contribution >= 4 is 12.0 Å². The van der Waals surface area contributed by atoms with Gasteiger partial charge in [-0.3, -0.25) is 4.79 Å². The van der Waals surface area contributed by atoms with E-state index < -0.39 is 0 Å². The van der Waals surface area contributed by atoms with E-state index in [1.807, 2.05) is 30.3 Å². The third-order valence-electron chi connectivity index (χ3n) is 3.55. The zero-order valence-electron chi connectivity index (χ0n) is 14.7. The monoisotopic (exact) mass is 352 g/mol. The van der Waals surface area contributed by atoms with Crippen LogP contribution >= 0.6 is 0 Å². The Morgan fingerprint density at radius 1 is 1.15 bits per heavy atom. The summed E-state index contributed by atoms with van der Waals surface area (Å²) in [5, 5.41) is 11.3. The van der Waals surface area contributed by atoms with Crippen LogP contribution in [0.4, 0.5) is 0 Å². The molecule has 0 spiro atoms. The van der Waals surface area contributed by atoms with Crippen LogP contribution in [-0.2, 0) is 11.3 Å². The first-order chi connectivity index (χ1) is 12.7. The van der Waals surface area contributed by atoms with Crippen LogP contribution in [0.15, 0.2) is 48.5 Å². The van der Waals surface area contributed by atoms with E-state index in [1.165, 1.54) is 6.08 Å². The molecule has 0 bridgehead atoms. The highest BCUT2D eigenvalue weighted by atomic mass is 16.5. The molecule has 0 radical (unpaired) electrons. The molecule has 26 heavy (non-hydrogen) atoms. The van der Waals surface area contributed by atoms with Gasteiger partial charge in [0.2, 0.25) is 5.91 Å². The molecule has 1 amide bonds.